The summed E-state index contributed by atoms with van der Waals surface area (Å²) in [5.41, 5.74) is 2.15. The first-order valence-corrected chi connectivity index (χ1v) is 10.8. The van der Waals surface area contributed by atoms with Crippen LogP contribution in [-0.2, 0) is 6.54 Å². The molecule has 10 radical (unpaired) electrons. The Hall–Kier alpha value is -1.17. The van der Waals surface area contributed by atoms with Crippen LogP contribution in [0.1, 0.15) is 29.9 Å². The van der Waals surface area contributed by atoms with Gasteiger partial charge in [0.05, 0.1) is 59.6 Å². The minimum absolute atomic E-state index is 0.263. The summed E-state index contributed by atoms with van der Waals surface area (Å²) in [6.45, 7) is 2.21. The highest BCUT2D eigenvalue weighted by Gasteiger charge is 2.43. The molecule has 4 rings (SSSR count). The molecule has 0 aliphatic heterocycles. The predicted molar refractivity (Wildman–Crippen MR) is 130 cm³/mol. The van der Waals surface area contributed by atoms with Crippen LogP contribution in [0.25, 0.3) is 10.2 Å². The molecule has 3 nitrogen and oxygen atoms in total. The molecule has 3 aromatic rings. The molecule has 30 heavy (non-hydrogen) atoms. The molecule has 1 aliphatic carbocycles. The SMILES string of the molecule is [B]C1=C(C)C([B])([B])CC(c2sc3c(NCc4ccco4)cc(Cl)nc3c2Cl)C1([B])[B]. The zero-order valence-corrected chi connectivity index (χ0v) is 18.5. The molecule has 0 bridgehead atoms. The lowest BCUT2D eigenvalue weighted by molar-refractivity contribution is 0.518. The lowest BCUT2D eigenvalue weighted by atomic mass is 9.31. The number of fused-ring (bicyclic) bond motifs is 1. The molecule has 0 amide bonds. The van der Waals surface area contributed by atoms with Crippen LogP contribution in [0.2, 0.25) is 20.6 Å². The van der Waals surface area contributed by atoms with Gasteiger partial charge in [0, 0.05) is 10.9 Å². The van der Waals surface area contributed by atoms with Gasteiger partial charge in [0.25, 0.3) is 0 Å². The van der Waals surface area contributed by atoms with Gasteiger partial charge < -0.3 is 9.73 Å². The van der Waals surface area contributed by atoms with E-state index >= 15 is 0 Å². The Morgan fingerprint density at radius 3 is 2.70 bits per heavy atom. The number of furan rings is 1. The fourth-order valence-corrected chi connectivity index (χ4v) is 5.66. The summed E-state index contributed by atoms with van der Waals surface area (Å²) in [7, 11) is 31.7. The highest BCUT2D eigenvalue weighted by atomic mass is 35.5. The fraction of sp³-hybridized carbons (Fsp3) is 0.316. The van der Waals surface area contributed by atoms with E-state index in [1.165, 1.54) is 11.3 Å². The Morgan fingerprint density at radius 1 is 1.30 bits per heavy atom. The highest BCUT2D eigenvalue weighted by molar-refractivity contribution is 7.20. The van der Waals surface area contributed by atoms with E-state index in [0.29, 0.717) is 32.7 Å². The van der Waals surface area contributed by atoms with Gasteiger partial charge in [-0.1, -0.05) is 45.6 Å². The molecular formula is C19H13B5Cl2N2OS. The van der Waals surface area contributed by atoms with Crippen molar-refractivity contribution in [3.8, 4) is 0 Å². The first-order valence-electron chi connectivity index (χ1n) is 9.20. The second-order valence-corrected chi connectivity index (χ2v) is 9.47. The summed E-state index contributed by atoms with van der Waals surface area (Å²) in [4.78, 5) is 5.12. The summed E-state index contributed by atoms with van der Waals surface area (Å²) in [6.07, 6.45) is 1.89. The number of allylic oxidation sites excluding steroid dienone is 2. The molecule has 3 aromatic heterocycles. The van der Waals surface area contributed by atoms with E-state index in [1.54, 1.807) is 19.3 Å². The third kappa shape index (κ3) is 3.67. The van der Waals surface area contributed by atoms with E-state index in [1.807, 2.05) is 12.1 Å². The van der Waals surface area contributed by atoms with E-state index in [-0.39, 0.29) is 11.9 Å². The second-order valence-electron chi connectivity index (χ2n) is 7.65. The summed E-state index contributed by atoms with van der Waals surface area (Å²) < 4.78 is 6.19. The number of rotatable bonds is 4. The van der Waals surface area contributed by atoms with E-state index in [4.69, 9.17) is 66.9 Å². The molecule has 0 fully saturated rings. The van der Waals surface area contributed by atoms with Crippen LogP contribution < -0.4 is 5.32 Å². The predicted octanol–water partition coefficient (Wildman–Crippen LogP) is 4.64. The van der Waals surface area contributed by atoms with Gasteiger partial charge in [-0.05, 0) is 25.0 Å². The first-order chi connectivity index (χ1) is 14.0. The van der Waals surface area contributed by atoms with Gasteiger partial charge in [0.1, 0.15) is 24.3 Å². The van der Waals surface area contributed by atoms with Crippen molar-refractivity contribution in [2.45, 2.75) is 36.2 Å². The minimum Gasteiger partial charge on any atom is -0.467 e. The van der Waals surface area contributed by atoms with Crippen LogP contribution in [-0.4, -0.2) is 44.2 Å². The van der Waals surface area contributed by atoms with Gasteiger partial charge in [0.2, 0.25) is 0 Å². The molecule has 1 aliphatic rings. The molecule has 11 heteroatoms. The Kier molecular flexibility index (Phi) is 5.70. The lowest BCUT2D eigenvalue weighted by Gasteiger charge is -2.49. The van der Waals surface area contributed by atoms with Crippen molar-refractivity contribution in [2.75, 3.05) is 5.32 Å². The smallest absolute Gasteiger partial charge is 0.131 e. The topological polar surface area (TPSA) is 38.1 Å². The van der Waals surface area contributed by atoms with Crippen LogP contribution in [0.4, 0.5) is 5.69 Å². The monoisotopic (exact) mass is 442 g/mol. The zero-order valence-electron chi connectivity index (χ0n) is 16.2. The molecular weight excluding hydrogens is 429 g/mol. The molecule has 1 atom stereocenters. The third-order valence-electron chi connectivity index (χ3n) is 5.61. The number of hydrogen-bond acceptors (Lipinski definition) is 4. The summed E-state index contributed by atoms with van der Waals surface area (Å²) in [5.74, 6) is 0.276. The molecule has 0 aromatic carbocycles. The number of hydrogen-bond donors (Lipinski definition) is 1. The van der Waals surface area contributed by atoms with Gasteiger partial charge in [-0.25, -0.2) is 4.98 Å². The average Bonchev–Trinajstić information content (AvgIpc) is 3.30. The van der Waals surface area contributed by atoms with Gasteiger partial charge in [-0.15, -0.1) is 16.8 Å². The molecule has 3 heterocycles. The Bertz CT molecular complexity index is 1140. The number of anilines is 1. The van der Waals surface area contributed by atoms with E-state index < -0.39 is 16.3 Å². The summed E-state index contributed by atoms with van der Waals surface area (Å²) in [6, 6.07) is 5.43. The largest absolute Gasteiger partial charge is 0.467 e. The molecule has 1 unspecified atom stereocenters. The average molecular weight is 442 g/mol. The van der Waals surface area contributed by atoms with Crippen LogP contribution in [0.15, 0.2) is 39.9 Å². The number of nitrogens with zero attached hydrogens (tertiary/aromatic N) is 1. The van der Waals surface area contributed by atoms with Gasteiger partial charge >= 0.3 is 0 Å². The lowest BCUT2D eigenvalue weighted by Crippen LogP contribution is -2.36. The Labute approximate surface area is 196 Å². The van der Waals surface area contributed by atoms with Crippen molar-refractivity contribution in [3.63, 3.8) is 0 Å². The standard InChI is InChI=1S/C19H13B5Cl2N2OS/c1-8-17(20)19(23,24)10(6-18(8,21)22)15-13(26)14-16(30-15)11(5-12(25)28-14)27-7-9-3-2-4-29-9/h2-5,10H,6-7H2,1H3,(H,27,28). The molecule has 1 N–H and O–H groups in total. The third-order valence-corrected chi connectivity index (χ3v) is 7.63. The zero-order chi connectivity index (χ0) is 21.8. The molecule has 0 saturated heterocycles. The first kappa shape index (κ1) is 22.0. The van der Waals surface area contributed by atoms with Crippen molar-refractivity contribution in [1.82, 2.24) is 4.98 Å². The van der Waals surface area contributed by atoms with Gasteiger partial charge in [-0.2, -0.15) is 0 Å². The van der Waals surface area contributed by atoms with Crippen molar-refractivity contribution >= 4 is 89.7 Å². The highest BCUT2D eigenvalue weighted by Crippen LogP contribution is 2.60. The van der Waals surface area contributed by atoms with Crippen molar-refractivity contribution in [1.29, 1.82) is 0 Å². The number of pyridine rings is 1. The van der Waals surface area contributed by atoms with Gasteiger partial charge in [-0.3, -0.25) is 0 Å². The number of halogens is 2. The van der Waals surface area contributed by atoms with Crippen molar-refractivity contribution in [2.24, 2.45) is 0 Å². The second kappa shape index (κ2) is 7.76. The Balaban J connectivity index is 1.81. The van der Waals surface area contributed by atoms with Crippen molar-refractivity contribution in [3.05, 3.63) is 56.3 Å². The Morgan fingerprint density at radius 2 is 2.03 bits per heavy atom. The molecule has 0 spiro atoms. The quantitative estimate of drug-likeness (QED) is 0.473. The molecule has 140 valence electrons. The van der Waals surface area contributed by atoms with Crippen LogP contribution in [0.3, 0.4) is 0 Å². The normalized spacial score (nSPS) is 20.6. The number of nitrogens with one attached hydrogen (secondary N) is 1. The van der Waals surface area contributed by atoms with Gasteiger partial charge in [0.15, 0.2) is 0 Å². The minimum atomic E-state index is -1.36. The van der Waals surface area contributed by atoms with E-state index in [9.17, 15) is 0 Å². The van der Waals surface area contributed by atoms with Crippen LogP contribution in [0, 0.1) is 0 Å². The maximum Gasteiger partial charge on any atom is 0.131 e. The van der Waals surface area contributed by atoms with E-state index in [2.05, 4.69) is 10.3 Å². The van der Waals surface area contributed by atoms with Crippen LogP contribution in [0.5, 0.6) is 0 Å². The summed E-state index contributed by atoms with van der Waals surface area (Å²) >= 11 is 14.4. The fourth-order valence-electron chi connectivity index (χ4n) is 3.71. The number of aromatic nitrogens is 1. The van der Waals surface area contributed by atoms with E-state index in [0.717, 1.165) is 16.1 Å². The molecule has 0 saturated carbocycles. The maximum absolute atomic E-state index is 6.73. The number of thiophene rings is 1. The maximum atomic E-state index is 6.73. The van der Waals surface area contributed by atoms with Crippen molar-refractivity contribution < 1.29 is 4.42 Å². The summed E-state index contributed by atoms with van der Waals surface area (Å²) in [5, 5.41) is 1.51. The van der Waals surface area contributed by atoms with Crippen LogP contribution >= 0.6 is 34.5 Å².